The standard InChI is InChI=1S/C11H8ClNO/c12-9-4-1-5-10-11(9)8(7-13-10)3-2-6-14/h1-7,13H. The third-order valence-corrected chi connectivity index (χ3v) is 2.35. The van der Waals surface area contributed by atoms with Gasteiger partial charge in [0.15, 0.2) is 0 Å². The van der Waals surface area contributed by atoms with Crippen molar-refractivity contribution in [2.45, 2.75) is 0 Å². The Kier molecular flexibility index (Phi) is 2.37. The number of halogens is 1. The van der Waals surface area contributed by atoms with Gasteiger partial charge >= 0.3 is 0 Å². The average Bonchev–Trinajstić information content (AvgIpc) is 2.59. The zero-order chi connectivity index (χ0) is 9.97. The van der Waals surface area contributed by atoms with Crippen LogP contribution in [0.4, 0.5) is 0 Å². The highest BCUT2D eigenvalue weighted by Crippen LogP contribution is 2.26. The lowest BCUT2D eigenvalue weighted by Crippen LogP contribution is -1.71. The van der Waals surface area contributed by atoms with E-state index in [2.05, 4.69) is 4.98 Å². The zero-order valence-corrected chi connectivity index (χ0v) is 8.08. The summed E-state index contributed by atoms with van der Waals surface area (Å²) in [7, 11) is 0. The van der Waals surface area contributed by atoms with Gasteiger partial charge in [-0.2, -0.15) is 0 Å². The topological polar surface area (TPSA) is 32.9 Å². The Hall–Kier alpha value is -1.54. The first-order chi connectivity index (χ1) is 6.83. The van der Waals surface area contributed by atoms with E-state index in [1.54, 1.807) is 6.08 Å². The third kappa shape index (κ3) is 1.44. The molecule has 0 unspecified atom stereocenters. The van der Waals surface area contributed by atoms with Gasteiger partial charge in [-0.25, -0.2) is 0 Å². The highest BCUT2D eigenvalue weighted by molar-refractivity contribution is 6.36. The molecule has 1 aromatic carbocycles. The predicted octanol–water partition coefficient (Wildman–Crippen LogP) is 3.03. The summed E-state index contributed by atoms with van der Waals surface area (Å²) in [5.41, 5.74) is 1.90. The van der Waals surface area contributed by atoms with E-state index in [9.17, 15) is 4.79 Å². The second-order valence-electron chi connectivity index (χ2n) is 2.90. The number of aromatic nitrogens is 1. The highest BCUT2D eigenvalue weighted by Gasteiger charge is 2.03. The van der Waals surface area contributed by atoms with Crippen LogP contribution in [0, 0.1) is 0 Å². The summed E-state index contributed by atoms with van der Waals surface area (Å²) in [5.74, 6) is 0. The van der Waals surface area contributed by atoms with Gasteiger partial charge in [-0.15, -0.1) is 0 Å². The summed E-state index contributed by atoms with van der Waals surface area (Å²) in [6.07, 6.45) is 5.76. The van der Waals surface area contributed by atoms with Crippen LogP contribution in [0.5, 0.6) is 0 Å². The van der Waals surface area contributed by atoms with Gasteiger partial charge < -0.3 is 4.98 Å². The Bertz CT molecular complexity index is 499. The van der Waals surface area contributed by atoms with Crippen LogP contribution in [-0.2, 0) is 4.79 Å². The second-order valence-corrected chi connectivity index (χ2v) is 3.31. The van der Waals surface area contributed by atoms with Crippen molar-refractivity contribution in [2.75, 3.05) is 0 Å². The molecular weight excluding hydrogens is 198 g/mol. The molecular formula is C11H8ClNO. The second kappa shape index (κ2) is 3.68. The lowest BCUT2D eigenvalue weighted by molar-refractivity contribution is -0.104. The first-order valence-corrected chi connectivity index (χ1v) is 4.58. The van der Waals surface area contributed by atoms with Crippen molar-refractivity contribution in [3.05, 3.63) is 41.1 Å². The number of aldehydes is 1. The highest BCUT2D eigenvalue weighted by atomic mass is 35.5. The van der Waals surface area contributed by atoms with Crippen LogP contribution in [-0.4, -0.2) is 11.3 Å². The van der Waals surface area contributed by atoms with Crippen LogP contribution >= 0.6 is 11.6 Å². The molecule has 0 spiro atoms. The molecule has 1 aromatic heterocycles. The predicted molar refractivity (Wildman–Crippen MR) is 58.4 cm³/mol. The van der Waals surface area contributed by atoms with Crippen molar-refractivity contribution < 1.29 is 4.79 Å². The Labute approximate surface area is 86.2 Å². The summed E-state index contributed by atoms with van der Waals surface area (Å²) >= 11 is 6.04. The average molecular weight is 206 g/mol. The van der Waals surface area contributed by atoms with E-state index in [0.717, 1.165) is 22.8 Å². The van der Waals surface area contributed by atoms with Gasteiger partial charge in [-0.3, -0.25) is 4.79 Å². The van der Waals surface area contributed by atoms with Gasteiger partial charge in [0.25, 0.3) is 0 Å². The molecule has 0 fully saturated rings. The summed E-state index contributed by atoms with van der Waals surface area (Å²) in [5, 5.41) is 1.64. The summed E-state index contributed by atoms with van der Waals surface area (Å²) in [6, 6.07) is 5.66. The van der Waals surface area contributed by atoms with E-state index in [-0.39, 0.29) is 0 Å². The first kappa shape index (κ1) is 9.03. The van der Waals surface area contributed by atoms with E-state index in [1.807, 2.05) is 24.4 Å². The lowest BCUT2D eigenvalue weighted by Gasteiger charge is -1.94. The Morgan fingerprint density at radius 1 is 1.36 bits per heavy atom. The monoisotopic (exact) mass is 205 g/mol. The summed E-state index contributed by atoms with van der Waals surface area (Å²) < 4.78 is 0. The Morgan fingerprint density at radius 2 is 2.21 bits per heavy atom. The van der Waals surface area contributed by atoms with Crippen LogP contribution in [0.15, 0.2) is 30.5 Å². The number of fused-ring (bicyclic) bond motifs is 1. The number of allylic oxidation sites excluding steroid dienone is 1. The Balaban J connectivity index is 2.66. The van der Waals surface area contributed by atoms with E-state index in [4.69, 9.17) is 11.6 Å². The maximum Gasteiger partial charge on any atom is 0.142 e. The number of rotatable bonds is 2. The minimum absolute atomic E-state index is 0.689. The molecule has 0 aliphatic rings. The van der Waals surface area contributed by atoms with Gasteiger partial charge in [0, 0.05) is 22.7 Å². The van der Waals surface area contributed by atoms with Crippen LogP contribution in [0.25, 0.3) is 17.0 Å². The fourth-order valence-electron chi connectivity index (χ4n) is 1.44. The van der Waals surface area contributed by atoms with Crippen molar-refractivity contribution >= 4 is 34.9 Å². The Morgan fingerprint density at radius 3 is 3.00 bits per heavy atom. The number of aromatic amines is 1. The molecule has 0 bridgehead atoms. The lowest BCUT2D eigenvalue weighted by atomic mass is 10.1. The fourth-order valence-corrected chi connectivity index (χ4v) is 1.72. The number of carbonyl (C=O) groups is 1. The SMILES string of the molecule is O=CC=Cc1c[nH]c2cccc(Cl)c12. The number of benzene rings is 1. The maximum absolute atomic E-state index is 10.2. The number of nitrogens with one attached hydrogen (secondary N) is 1. The number of hydrogen-bond acceptors (Lipinski definition) is 1. The minimum atomic E-state index is 0.689. The molecule has 1 N–H and O–H groups in total. The van der Waals surface area contributed by atoms with Crippen LogP contribution in [0.3, 0.4) is 0 Å². The summed E-state index contributed by atoms with van der Waals surface area (Å²) in [6.45, 7) is 0. The van der Waals surface area contributed by atoms with Crippen LogP contribution in [0.2, 0.25) is 5.02 Å². The van der Waals surface area contributed by atoms with Crippen molar-refractivity contribution in [1.29, 1.82) is 0 Å². The molecule has 0 amide bonds. The smallest absolute Gasteiger partial charge is 0.142 e. The molecule has 3 heteroatoms. The fraction of sp³-hybridized carbons (Fsp3) is 0. The van der Waals surface area contributed by atoms with Gasteiger partial charge in [0.1, 0.15) is 6.29 Å². The molecule has 0 aliphatic carbocycles. The molecule has 70 valence electrons. The van der Waals surface area contributed by atoms with Crippen LogP contribution in [0.1, 0.15) is 5.56 Å². The molecule has 0 radical (unpaired) electrons. The molecule has 0 atom stereocenters. The molecule has 2 nitrogen and oxygen atoms in total. The molecule has 0 saturated carbocycles. The quantitative estimate of drug-likeness (QED) is 0.593. The summed E-state index contributed by atoms with van der Waals surface area (Å²) in [4.78, 5) is 13.3. The van der Waals surface area contributed by atoms with Crippen molar-refractivity contribution in [1.82, 2.24) is 4.98 Å². The number of carbonyl (C=O) groups excluding carboxylic acids is 1. The van der Waals surface area contributed by atoms with E-state index >= 15 is 0 Å². The van der Waals surface area contributed by atoms with Gasteiger partial charge in [-0.1, -0.05) is 17.7 Å². The first-order valence-electron chi connectivity index (χ1n) is 4.20. The molecule has 14 heavy (non-hydrogen) atoms. The third-order valence-electron chi connectivity index (χ3n) is 2.04. The van der Waals surface area contributed by atoms with Gasteiger partial charge in [0.2, 0.25) is 0 Å². The van der Waals surface area contributed by atoms with E-state index < -0.39 is 0 Å². The van der Waals surface area contributed by atoms with Gasteiger partial charge in [0.05, 0.1) is 5.02 Å². The van der Waals surface area contributed by atoms with E-state index in [1.165, 1.54) is 6.08 Å². The normalized spacial score (nSPS) is 11.2. The van der Waals surface area contributed by atoms with Crippen LogP contribution < -0.4 is 0 Å². The molecule has 1 heterocycles. The van der Waals surface area contributed by atoms with Crippen molar-refractivity contribution in [3.63, 3.8) is 0 Å². The molecule has 0 saturated heterocycles. The van der Waals surface area contributed by atoms with E-state index in [0.29, 0.717) is 5.02 Å². The van der Waals surface area contributed by atoms with Gasteiger partial charge in [-0.05, 0) is 24.3 Å². The minimum Gasteiger partial charge on any atom is -0.361 e. The number of H-pyrrole nitrogens is 1. The zero-order valence-electron chi connectivity index (χ0n) is 7.33. The van der Waals surface area contributed by atoms with Crippen molar-refractivity contribution in [3.8, 4) is 0 Å². The maximum atomic E-state index is 10.2. The molecule has 2 rings (SSSR count). The van der Waals surface area contributed by atoms with Crippen molar-refractivity contribution in [2.24, 2.45) is 0 Å². The largest absolute Gasteiger partial charge is 0.361 e. The molecule has 2 aromatic rings. The number of hydrogen-bond donors (Lipinski definition) is 1. The molecule has 0 aliphatic heterocycles.